The second-order valence-electron chi connectivity index (χ2n) is 4.03. The lowest BCUT2D eigenvalue weighted by molar-refractivity contribution is 0.697. The average molecular weight is 218 g/mol. The molecule has 1 rings (SSSR count). The Hall–Kier alpha value is -1.18. The lowest BCUT2D eigenvalue weighted by atomic mass is 10.1. The molecule has 2 nitrogen and oxygen atoms in total. The number of aryl methyl sites for hydroxylation is 1. The highest BCUT2D eigenvalue weighted by atomic mass is 15.1. The zero-order chi connectivity index (χ0) is 11.5. The summed E-state index contributed by atoms with van der Waals surface area (Å²) in [6.45, 7) is 3.96. The highest BCUT2D eigenvalue weighted by Gasteiger charge is 1.91. The van der Waals surface area contributed by atoms with Crippen molar-refractivity contribution in [1.82, 2.24) is 0 Å². The van der Waals surface area contributed by atoms with Gasteiger partial charge < -0.3 is 0 Å². The lowest BCUT2D eigenvalue weighted by Gasteiger charge is -1.98. The van der Waals surface area contributed by atoms with Crippen LogP contribution in [-0.4, -0.2) is 13.1 Å². The topological polar surface area (TPSA) is 24.7 Å². The summed E-state index contributed by atoms with van der Waals surface area (Å²) in [6, 6.07) is 10.6. The van der Waals surface area contributed by atoms with Gasteiger partial charge in [-0.25, -0.2) is 0 Å². The van der Waals surface area contributed by atoms with E-state index in [2.05, 4.69) is 47.5 Å². The molecule has 0 amide bonds. The minimum Gasteiger partial charge on any atom is -0.194 e. The molecule has 0 fully saturated rings. The van der Waals surface area contributed by atoms with E-state index in [4.69, 9.17) is 0 Å². The summed E-state index contributed by atoms with van der Waals surface area (Å²) in [5.74, 6) is 0. The molecule has 0 heterocycles. The normalized spacial score (nSPS) is 11.1. The molecule has 0 atom stereocenters. The van der Waals surface area contributed by atoms with E-state index in [1.807, 2.05) is 0 Å². The van der Waals surface area contributed by atoms with Crippen molar-refractivity contribution in [2.45, 2.75) is 39.0 Å². The zero-order valence-electron chi connectivity index (χ0n) is 10.2. The van der Waals surface area contributed by atoms with Crippen molar-refractivity contribution in [3.63, 3.8) is 0 Å². The van der Waals surface area contributed by atoms with Gasteiger partial charge >= 0.3 is 0 Å². The minimum absolute atomic E-state index is 0.885. The molecule has 2 heteroatoms. The highest BCUT2D eigenvalue weighted by molar-refractivity contribution is 5.14. The van der Waals surface area contributed by atoms with Crippen molar-refractivity contribution in [1.29, 1.82) is 0 Å². The van der Waals surface area contributed by atoms with E-state index in [-0.39, 0.29) is 0 Å². The van der Waals surface area contributed by atoms with Crippen LogP contribution in [0.5, 0.6) is 0 Å². The zero-order valence-corrected chi connectivity index (χ0v) is 10.2. The predicted molar refractivity (Wildman–Crippen MR) is 68.9 cm³/mol. The molecule has 1 aromatic carbocycles. The van der Waals surface area contributed by atoms with Crippen molar-refractivity contribution in [2.75, 3.05) is 13.1 Å². The van der Waals surface area contributed by atoms with Crippen LogP contribution in [0.3, 0.4) is 0 Å². The molecule has 0 saturated carbocycles. The number of nitrogens with zero attached hydrogens (tertiary/aromatic N) is 2. The molecule has 0 aliphatic carbocycles. The van der Waals surface area contributed by atoms with Gasteiger partial charge in [0.1, 0.15) is 0 Å². The van der Waals surface area contributed by atoms with Crippen LogP contribution in [0.15, 0.2) is 40.6 Å². The maximum absolute atomic E-state index is 4.17. The van der Waals surface area contributed by atoms with Gasteiger partial charge in [-0.1, -0.05) is 43.7 Å². The van der Waals surface area contributed by atoms with Crippen molar-refractivity contribution in [2.24, 2.45) is 10.2 Å². The van der Waals surface area contributed by atoms with Crippen molar-refractivity contribution in [3.8, 4) is 0 Å². The second-order valence-corrected chi connectivity index (χ2v) is 4.03. The summed E-state index contributed by atoms with van der Waals surface area (Å²) in [5, 5.41) is 8.30. The first-order valence-corrected chi connectivity index (χ1v) is 6.30. The van der Waals surface area contributed by atoms with Gasteiger partial charge in [-0.15, -0.1) is 0 Å². The van der Waals surface area contributed by atoms with E-state index in [1.54, 1.807) is 0 Å². The van der Waals surface area contributed by atoms with Crippen LogP contribution in [-0.2, 0) is 6.42 Å². The molecule has 0 spiro atoms. The molecule has 0 saturated heterocycles. The van der Waals surface area contributed by atoms with Crippen molar-refractivity contribution >= 4 is 0 Å². The SMILES string of the molecule is CCCCN=NCCCCc1ccccc1. The molecule has 0 aliphatic heterocycles. The number of hydrogen-bond donors (Lipinski definition) is 0. The van der Waals surface area contributed by atoms with Crippen LogP contribution >= 0.6 is 0 Å². The monoisotopic (exact) mass is 218 g/mol. The second kappa shape index (κ2) is 9.08. The third kappa shape index (κ3) is 6.33. The van der Waals surface area contributed by atoms with E-state index >= 15 is 0 Å². The van der Waals surface area contributed by atoms with Gasteiger partial charge in [0.25, 0.3) is 0 Å². The first kappa shape index (κ1) is 12.9. The molecular formula is C14H22N2. The molecule has 0 N–H and O–H groups in total. The van der Waals surface area contributed by atoms with Gasteiger partial charge in [0.15, 0.2) is 0 Å². The lowest BCUT2D eigenvalue weighted by Crippen LogP contribution is -1.87. The summed E-state index contributed by atoms with van der Waals surface area (Å²) in [4.78, 5) is 0. The molecule has 0 bridgehead atoms. The maximum atomic E-state index is 4.17. The summed E-state index contributed by atoms with van der Waals surface area (Å²) in [6.07, 6.45) is 5.87. The smallest absolute Gasteiger partial charge is 0.0599 e. The standard InChI is InChI=1S/C14H22N2/c1-2-3-12-15-16-13-8-7-11-14-9-5-4-6-10-14/h4-6,9-10H,2-3,7-8,11-13H2,1H3. The summed E-state index contributed by atoms with van der Waals surface area (Å²) in [5.41, 5.74) is 1.42. The van der Waals surface area contributed by atoms with Gasteiger partial charge in [-0.05, 0) is 31.2 Å². The van der Waals surface area contributed by atoms with Crippen molar-refractivity contribution in [3.05, 3.63) is 35.9 Å². The molecule has 0 aromatic heterocycles. The minimum atomic E-state index is 0.885. The van der Waals surface area contributed by atoms with Crippen LogP contribution in [0, 0.1) is 0 Å². The first-order valence-electron chi connectivity index (χ1n) is 6.30. The Kier molecular flexibility index (Phi) is 7.31. The summed E-state index contributed by atoms with van der Waals surface area (Å²) < 4.78 is 0. The Labute approximate surface area is 98.8 Å². The molecule has 0 unspecified atom stereocenters. The quantitative estimate of drug-likeness (QED) is 0.460. The van der Waals surface area contributed by atoms with Crippen LogP contribution in [0.4, 0.5) is 0 Å². The number of hydrogen-bond acceptors (Lipinski definition) is 2. The van der Waals surface area contributed by atoms with Crippen molar-refractivity contribution < 1.29 is 0 Å². The fourth-order valence-electron chi connectivity index (χ4n) is 1.53. The summed E-state index contributed by atoms with van der Waals surface area (Å²) in [7, 11) is 0. The average Bonchev–Trinajstić information content (AvgIpc) is 2.34. The number of azo groups is 1. The fraction of sp³-hybridized carbons (Fsp3) is 0.571. The predicted octanol–water partition coefficient (Wildman–Crippen LogP) is 4.26. The van der Waals surface area contributed by atoms with Crippen LogP contribution in [0.1, 0.15) is 38.2 Å². The van der Waals surface area contributed by atoms with Gasteiger partial charge in [-0.3, -0.25) is 0 Å². The third-order valence-electron chi connectivity index (χ3n) is 2.53. The number of rotatable bonds is 8. The van der Waals surface area contributed by atoms with Crippen LogP contribution in [0.25, 0.3) is 0 Å². The third-order valence-corrected chi connectivity index (χ3v) is 2.53. The van der Waals surface area contributed by atoms with Crippen LogP contribution in [0.2, 0.25) is 0 Å². The molecule has 16 heavy (non-hydrogen) atoms. The maximum Gasteiger partial charge on any atom is 0.0599 e. The molecule has 1 aromatic rings. The van der Waals surface area contributed by atoms with E-state index in [1.165, 1.54) is 18.4 Å². The number of benzene rings is 1. The Bertz CT molecular complexity index is 280. The Balaban J connectivity index is 1.98. The molecule has 88 valence electrons. The van der Waals surface area contributed by atoms with E-state index in [0.29, 0.717) is 0 Å². The van der Waals surface area contributed by atoms with Crippen LogP contribution < -0.4 is 0 Å². The van der Waals surface area contributed by atoms with Gasteiger partial charge in [0, 0.05) is 0 Å². The largest absolute Gasteiger partial charge is 0.194 e. The Morgan fingerprint density at radius 2 is 1.56 bits per heavy atom. The molecule has 0 radical (unpaired) electrons. The van der Waals surface area contributed by atoms with Gasteiger partial charge in [0.2, 0.25) is 0 Å². The van der Waals surface area contributed by atoms with E-state index in [9.17, 15) is 0 Å². The Morgan fingerprint density at radius 1 is 0.875 bits per heavy atom. The van der Waals surface area contributed by atoms with Gasteiger partial charge in [0.05, 0.1) is 13.1 Å². The van der Waals surface area contributed by atoms with Gasteiger partial charge in [-0.2, -0.15) is 10.2 Å². The summed E-state index contributed by atoms with van der Waals surface area (Å²) >= 11 is 0. The van der Waals surface area contributed by atoms with E-state index < -0.39 is 0 Å². The molecule has 0 aliphatic rings. The fourth-order valence-corrected chi connectivity index (χ4v) is 1.53. The Morgan fingerprint density at radius 3 is 2.25 bits per heavy atom. The first-order chi connectivity index (χ1) is 7.93. The molecular weight excluding hydrogens is 196 g/mol. The number of unbranched alkanes of at least 4 members (excludes halogenated alkanes) is 2. The highest BCUT2D eigenvalue weighted by Crippen LogP contribution is 2.04. The van der Waals surface area contributed by atoms with E-state index in [0.717, 1.165) is 32.4 Å².